The summed E-state index contributed by atoms with van der Waals surface area (Å²) < 4.78 is 1.86. The minimum absolute atomic E-state index is 0.161. The van der Waals surface area contributed by atoms with Gasteiger partial charge in [0.2, 0.25) is 5.91 Å². The van der Waals surface area contributed by atoms with Crippen molar-refractivity contribution in [2.45, 2.75) is 13.0 Å². The average molecular weight is 240 g/mol. The highest BCUT2D eigenvalue weighted by molar-refractivity contribution is 6.00. The SMILES string of the molecule is CN(C)Cc1c2n(c3ccccc13)C(=O)CC=C2. The summed E-state index contributed by atoms with van der Waals surface area (Å²) in [6.45, 7) is 0.848. The van der Waals surface area contributed by atoms with Crippen LogP contribution in [0.25, 0.3) is 17.0 Å². The van der Waals surface area contributed by atoms with Gasteiger partial charge in [-0.3, -0.25) is 9.36 Å². The van der Waals surface area contributed by atoms with Gasteiger partial charge < -0.3 is 4.90 Å². The Kier molecular flexibility index (Phi) is 2.56. The molecule has 0 spiro atoms. The molecule has 2 heterocycles. The molecule has 0 radical (unpaired) electrons. The molecule has 0 fully saturated rings. The first-order valence-electron chi connectivity index (χ1n) is 6.15. The number of aromatic nitrogens is 1. The van der Waals surface area contributed by atoms with E-state index in [1.807, 2.05) is 42.9 Å². The Morgan fingerprint density at radius 3 is 2.83 bits per heavy atom. The Hall–Kier alpha value is -1.87. The number of hydrogen-bond acceptors (Lipinski definition) is 2. The fourth-order valence-corrected chi connectivity index (χ4v) is 2.62. The van der Waals surface area contributed by atoms with Gasteiger partial charge >= 0.3 is 0 Å². The Morgan fingerprint density at radius 1 is 1.28 bits per heavy atom. The molecule has 0 amide bonds. The van der Waals surface area contributed by atoms with Crippen LogP contribution in [0.4, 0.5) is 0 Å². The molecule has 1 aromatic carbocycles. The van der Waals surface area contributed by atoms with Crippen molar-refractivity contribution in [2.75, 3.05) is 14.1 Å². The normalized spacial score (nSPS) is 14.5. The average Bonchev–Trinajstić information content (AvgIpc) is 2.65. The summed E-state index contributed by atoms with van der Waals surface area (Å²) in [5.74, 6) is 0.161. The fraction of sp³-hybridized carbons (Fsp3) is 0.267. The van der Waals surface area contributed by atoms with Gasteiger partial charge in [0.1, 0.15) is 0 Å². The van der Waals surface area contributed by atoms with Gasteiger partial charge in [-0.1, -0.05) is 24.3 Å². The largest absolute Gasteiger partial charge is 0.305 e. The van der Waals surface area contributed by atoms with Crippen LogP contribution >= 0.6 is 0 Å². The second kappa shape index (κ2) is 4.10. The van der Waals surface area contributed by atoms with Crippen LogP contribution < -0.4 is 0 Å². The number of carbonyl (C=O) groups excluding carboxylic acids is 1. The van der Waals surface area contributed by atoms with E-state index in [2.05, 4.69) is 17.0 Å². The van der Waals surface area contributed by atoms with Crippen molar-refractivity contribution in [3.05, 3.63) is 41.6 Å². The first-order chi connectivity index (χ1) is 8.68. The molecule has 1 aromatic heterocycles. The summed E-state index contributed by atoms with van der Waals surface area (Å²) in [6.07, 6.45) is 4.52. The highest BCUT2D eigenvalue weighted by Gasteiger charge is 2.21. The van der Waals surface area contributed by atoms with Crippen LogP contribution in [0.15, 0.2) is 30.3 Å². The maximum atomic E-state index is 12.1. The van der Waals surface area contributed by atoms with Gasteiger partial charge in [-0.2, -0.15) is 0 Å². The minimum Gasteiger partial charge on any atom is -0.305 e. The summed E-state index contributed by atoms with van der Waals surface area (Å²) in [4.78, 5) is 14.2. The van der Waals surface area contributed by atoms with Crippen molar-refractivity contribution in [3.8, 4) is 0 Å². The van der Waals surface area contributed by atoms with Crippen LogP contribution in [0, 0.1) is 0 Å². The third kappa shape index (κ3) is 1.59. The Bertz CT molecular complexity index is 650. The van der Waals surface area contributed by atoms with Gasteiger partial charge in [-0.05, 0) is 31.8 Å². The molecule has 2 aromatic rings. The van der Waals surface area contributed by atoms with E-state index < -0.39 is 0 Å². The molecule has 0 unspecified atom stereocenters. The monoisotopic (exact) mass is 240 g/mol. The van der Waals surface area contributed by atoms with E-state index in [1.54, 1.807) is 0 Å². The fourth-order valence-electron chi connectivity index (χ4n) is 2.62. The van der Waals surface area contributed by atoms with E-state index in [0.717, 1.165) is 17.8 Å². The van der Waals surface area contributed by atoms with E-state index in [4.69, 9.17) is 0 Å². The maximum Gasteiger partial charge on any atom is 0.235 e. The lowest BCUT2D eigenvalue weighted by Crippen LogP contribution is -2.16. The summed E-state index contributed by atoms with van der Waals surface area (Å²) in [7, 11) is 4.10. The third-order valence-electron chi connectivity index (χ3n) is 3.31. The van der Waals surface area contributed by atoms with Crippen LogP contribution in [-0.4, -0.2) is 29.5 Å². The summed E-state index contributed by atoms with van der Waals surface area (Å²) >= 11 is 0. The number of hydrogen-bond donors (Lipinski definition) is 0. The van der Waals surface area contributed by atoms with Gasteiger partial charge in [0.05, 0.1) is 11.2 Å². The Balaban J connectivity index is 2.34. The topological polar surface area (TPSA) is 25.2 Å². The van der Waals surface area contributed by atoms with Crippen LogP contribution in [0.1, 0.15) is 22.5 Å². The molecule has 0 atom stereocenters. The third-order valence-corrected chi connectivity index (χ3v) is 3.31. The lowest BCUT2D eigenvalue weighted by Gasteiger charge is -2.13. The molecule has 18 heavy (non-hydrogen) atoms. The molecule has 1 aliphatic rings. The lowest BCUT2D eigenvalue weighted by atomic mass is 10.1. The zero-order valence-electron chi connectivity index (χ0n) is 10.7. The Morgan fingerprint density at radius 2 is 2.06 bits per heavy atom. The summed E-state index contributed by atoms with van der Waals surface area (Å²) in [6, 6.07) is 8.14. The van der Waals surface area contributed by atoms with Crippen molar-refractivity contribution in [2.24, 2.45) is 0 Å². The predicted molar refractivity (Wildman–Crippen MR) is 73.6 cm³/mol. The maximum absolute atomic E-state index is 12.1. The van der Waals surface area contributed by atoms with E-state index in [-0.39, 0.29) is 5.91 Å². The first-order valence-corrected chi connectivity index (χ1v) is 6.15. The van der Waals surface area contributed by atoms with E-state index in [0.29, 0.717) is 6.42 Å². The molecular weight excluding hydrogens is 224 g/mol. The quantitative estimate of drug-likeness (QED) is 0.806. The molecule has 92 valence electrons. The number of carbonyl (C=O) groups is 1. The molecule has 3 nitrogen and oxygen atoms in total. The van der Waals surface area contributed by atoms with Gasteiger partial charge in [-0.15, -0.1) is 0 Å². The van der Waals surface area contributed by atoms with E-state index in [9.17, 15) is 4.79 Å². The van der Waals surface area contributed by atoms with Gasteiger partial charge in [0, 0.05) is 18.4 Å². The molecule has 0 saturated heterocycles. The first kappa shape index (κ1) is 11.2. The van der Waals surface area contributed by atoms with Crippen molar-refractivity contribution in [3.63, 3.8) is 0 Å². The minimum atomic E-state index is 0.161. The number of nitrogens with zero attached hydrogens (tertiary/aromatic N) is 2. The molecule has 0 aliphatic carbocycles. The van der Waals surface area contributed by atoms with Crippen LogP contribution in [-0.2, 0) is 6.54 Å². The van der Waals surface area contributed by atoms with Crippen LogP contribution in [0.5, 0.6) is 0 Å². The van der Waals surface area contributed by atoms with Gasteiger partial charge in [0.25, 0.3) is 0 Å². The zero-order valence-corrected chi connectivity index (χ0v) is 10.7. The van der Waals surface area contributed by atoms with Crippen LogP contribution in [0.3, 0.4) is 0 Å². The van der Waals surface area contributed by atoms with Gasteiger partial charge in [0.15, 0.2) is 0 Å². The molecule has 3 heteroatoms. The highest BCUT2D eigenvalue weighted by Crippen LogP contribution is 2.30. The number of fused-ring (bicyclic) bond motifs is 3. The van der Waals surface area contributed by atoms with Crippen molar-refractivity contribution < 1.29 is 4.79 Å². The van der Waals surface area contributed by atoms with Crippen molar-refractivity contribution in [1.82, 2.24) is 9.47 Å². The van der Waals surface area contributed by atoms with Gasteiger partial charge in [-0.25, -0.2) is 0 Å². The van der Waals surface area contributed by atoms with Crippen molar-refractivity contribution >= 4 is 22.9 Å². The summed E-state index contributed by atoms with van der Waals surface area (Å²) in [5, 5.41) is 1.18. The number of allylic oxidation sites excluding steroid dienone is 1. The number of rotatable bonds is 2. The predicted octanol–water partition coefficient (Wildman–Crippen LogP) is 2.76. The van der Waals surface area contributed by atoms with Crippen molar-refractivity contribution in [1.29, 1.82) is 0 Å². The molecule has 0 N–H and O–H groups in total. The second-order valence-electron chi connectivity index (χ2n) is 4.95. The standard InChI is InChI=1S/C15H16N2O/c1-16(2)10-12-11-6-3-4-7-13(11)17-14(12)8-5-9-15(17)18/h3-8H,9-10H2,1-2H3. The number of benzene rings is 1. The van der Waals surface area contributed by atoms with Crippen LogP contribution in [0.2, 0.25) is 0 Å². The molecule has 0 saturated carbocycles. The van der Waals surface area contributed by atoms with E-state index >= 15 is 0 Å². The van der Waals surface area contributed by atoms with E-state index in [1.165, 1.54) is 10.9 Å². The number of para-hydroxylation sites is 1. The summed E-state index contributed by atoms with van der Waals surface area (Å²) in [5.41, 5.74) is 3.31. The molecular formula is C15H16N2O. The molecule has 3 rings (SSSR count). The second-order valence-corrected chi connectivity index (χ2v) is 4.95. The molecule has 1 aliphatic heterocycles. The smallest absolute Gasteiger partial charge is 0.235 e. The Labute approximate surface area is 106 Å². The zero-order chi connectivity index (χ0) is 12.7. The highest BCUT2D eigenvalue weighted by atomic mass is 16.2. The molecule has 0 bridgehead atoms. The lowest BCUT2D eigenvalue weighted by molar-refractivity contribution is 0.0919.